The molecule has 1 heterocycles. The second-order valence-electron chi connectivity index (χ2n) is 5.82. The standard InChI is InChI=1S/C15H24N2O3S/c1-13-5-3-6-15(14(13)2)17-10-8-16(9-11-17)7-4-12-21(18,19)20/h3,5-6H,4,7-12H2,1-2H3,(H,18,19,20). The van der Waals surface area contributed by atoms with Crippen LogP contribution in [-0.2, 0) is 10.1 Å². The van der Waals surface area contributed by atoms with Gasteiger partial charge in [-0.15, -0.1) is 0 Å². The summed E-state index contributed by atoms with van der Waals surface area (Å²) in [5.74, 6) is -0.239. The third-order valence-corrected chi connectivity index (χ3v) is 5.10. The van der Waals surface area contributed by atoms with Crippen molar-refractivity contribution in [3.8, 4) is 0 Å². The number of anilines is 1. The van der Waals surface area contributed by atoms with Crippen molar-refractivity contribution in [2.24, 2.45) is 0 Å². The number of hydrogen-bond acceptors (Lipinski definition) is 4. The Bertz CT molecular complexity index is 579. The molecular formula is C15H24N2O3S. The SMILES string of the molecule is Cc1cccc(N2CC[NH+](CCCS(=O)(=O)[O-])CC2)c1C. The van der Waals surface area contributed by atoms with E-state index in [1.54, 1.807) is 0 Å². The molecule has 1 fully saturated rings. The number of nitrogens with zero attached hydrogens (tertiary/aromatic N) is 1. The molecule has 1 aliphatic heterocycles. The molecule has 0 spiro atoms. The quantitative estimate of drug-likeness (QED) is 0.774. The van der Waals surface area contributed by atoms with Gasteiger partial charge in [-0.1, -0.05) is 12.1 Å². The molecule has 0 atom stereocenters. The van der Waals surface area contributed by atoms with Gasteiger partial charge < -0.3 is 14.4 Å². The van der Waals surface area contributed by atoms with Crippen LogP contribution in [0.15, 0.2) is 18.2 Å². The molecule has 1 aliphatic rings. The molecule has 0 unspecified atom stereocenters. The van der Waals surface area contributed by atoms with Crippen molar-refractivity contribution >= 4 is 15.8 Å². The zero-order valence-electron chi connectivity index (χ0n) is 12.8. The number of rotatable bonds is 5. The number of aryl methyl sites for hydroxylation is 1. The van der Waals surface area contributed by atoms with Crippen molar-refractivity contribution in [2.75, 3.05) is 43.4 Å². The van der Waals surface area contributed by atoms with Crippen molar-refractivity contribution in [1.29, 1.82) is 0 Å². The topological polar surface area (TPSA) is 64.9 Å². The molecule has 21 heavy (non-hydrogen) atoms. The molecule has 1 aromatic carbocycles. The van der Waals surface area contributed by atoms with Crippen LogP contribution < -0.4 is 9.80 Å². The van der Waals surface area contributed by atoms with Crippen LogP contribution in [0.2, 0.25) is 0 Å². The van der Waals surface area contributed by atoms with E-state index in [1.807, 2.05) is 0 Å². The van der Waals surface area contributed by atoms with Gasteiger partial charge in [0.15, 0.2) is 0 Å². The molecule has 6 heteroatoms. The van der Waals surface area contributed by atoms with Crippen LogP contribution in [0.5, 0.6) is 0 Å². The Morgan fingerprint density at radius 2 is 1.90 bits per heavy atom. The van der Waals surface area contributed by atoms with E-state index in [0.717, 1.165) is 32.7 Å². The van der Waals surface area contributed by atoms with E-state index in [9.17, 15) is 13.0 Å². The lowest BCUT2D eigenvalue weighted by molar-refractivity contribution is -0.900. The molecule has 1 N–H and O–H groups in total. The van der Waals surface area contributed by atoms with Gasteiger partial charge in [0.1, 0.15) is 0 Å². The zero-order chi connectivity index (χ0) is 15.5. The highest BCUT2D eigenvalue weighted by molar-refractivity contribution is 7.85. The van der Waals surface area contributed by atoms with Gasteiger partial charge in [0.25, 0.3) is 0 Å². The summed E-state index contributed by atoms with van der Waals surface area (Å²) in [7, 11) is -4.06. The molecule has 0 amide bonds. The smallest absolute Gasteiger partial charge is 0.0949 e. The minimum absolute atomic E-state index is 0.239. The first-order chi connectivity index (χ1) is 9.87. The monoisotopic (exact) mass is 312 g/mol. The first kappa shape index (κ1) is 16.3. The lowest BCUT2D eigenvalue weighted by atomic mass is 10.1. The van der Waals surface area contributed by atoms with E-state index in [2.05, 4.69) is 36.9 Å². The number of hydrogen-bond donors (Lipinski definition) is 1. The van der Waals surface area contributed by atoms with Gasteiger partial charge in [-0.3, -0.25) is 0 Å². The van der Waals surface area contributed by atoms with Crippen LogP contribution in [-0.4, -0.2) is 51.4 Å². The first-order valence-electron chi connectivity index (χ1n) is 7.45. The highest BCUT2D eigenvalue weighted by atomic mass is 32.2. The van der Waals surface area contributed by atoms with Gasteiger partial charge in [0.2, 0.25) is 0 Å². The predicted octanol–water partition coefficient (Wildman–Crippen LogP) is -0.0564. The summed E-state index contributed by atoms with van der Waals surface area (Å²) < 4.78 is 31.8. The maximum Gasteiger partial charge on any atom is 0.0949 e. The normalized spacial score (nSPS) is 17.2. The molecular weight excluding hydrogens is 288 g/mol. The van der Waals surface area contributed by atoms with E-state index in [-0.39, 0.29) is 5.75 Å². The van der Waals surface area contributed by atoms with Crippen LogP contribution in [0.1, 0.15) is 17.5 Å². The largest absolute Gasteiger partial charge is 0.748 e. The number of nitrogens with one attached hydrogen (secondary N) is 1. The van der Waals surface area contributed by atoms with Gasteiger partial charge in [0.05, 0.1) is 42.8 Å². The van der Waals surface area contributed by atoms with Crippen molar-refractivity contribution < 1.29 is 17.9 Å². The molecule has 0 radical (unpaired) electrons. The van der Waals surface area contributed by atoms with Crippen molar-refractivity contribution in [2.45, 2.75) is 20.3 Å². The van der Waals surface area contributed by atoms with E-state index < -0.39 is 10.1 Å². The molecule has 1 saturated heterocycles. The number of piperazine rings is 1. The lowest BCUT2D eigenvalue weighted by Crippen LogP contribution is -3.14. The first-order valence-corrected chi connectivity index (χ1v) is 9.03. The van der Waals surface area contributed by atoms with E-state index in [4.69, 9.17) is 0 Å². The van der Waals surface area contributed by atoms with Gasteiger partial charge in [-0.2, -0.15) is 0 Å². The Balaban J connectivity index is 1.84. The van der Waals surface area contributed by atoms with Crippen LogP contribution in [0.4, 0.5) is 5.69 Å². The molecule has 0 aliphatic carbocycles. The maximum absolute atomic E-state index is 10.6. The second kappa shape index (κ2) is 6.77. The average molecular weight is 312 g/mol. The molecule has 0 aromatic heterocycles. The summed E-state index contributed by atoms with van der Waals surface area (Å²) >= 11 is 0. The van der Waals surface area contributed by atoms with Gasteiger partial charge in [0, 0.05) is 17.9 Å². The Kier molecular flexibility index (Phi) is 5.24. The highest BCUT2D eigenvalue weighted by Gasteiger charge is 2.21. The molecule has 0 bridgehead atoms. The fraction of sp³-hybridized carbons (Fsp3) is 0.600. The van der Waals surface area contributed by atoms with Crippen LogP contribution in [0.3, 0.4) is 0 Å². The van der Waals surface area contributed by atoms with Crippen LogP contribution in [0.25, 0.3) is 0 Å². The second-order valence-corrected chi connectivity index (χ2v) is 7.35. The zero-order valence-corrected chi connectivity index (χ0v) is 13.6. The minimum Gasteiger partial charge on any atom is -0.748 e. The van der Waals surface area contributed by atoms with E-state index in [0.29, 0.717) is 6.42 Å². The Hall–Kier alpha value is -1.11. The summed E-state index contributed by atoms with van der Waals surface area (Å²) in [6, 6.07) is 6.39. The lowest BCUT2D eigenvalue weighted by Gasteiger charge is -2.34. The summed E-state index contributed by atoms with van der Waals surface area (Å²) in [6.45, 7) is 8.99. The predicted molar refractivity (Wildman–Crippen MR) is 82.9 cm³/mol. The third kappa shape index (κ3) is 4.69. The number of benzene rings is 1. The van der Waals surface area contributed by atoms with Crippen molar-refractivity contribution in [3.63, 3.8) is 0 Å². The molecule has 118 valence electrons. The molecule has 0 saturated carbocycles. The Morgan fingerprint density at radius 1 is 1.24 bits per heavy atom. The third-order valence-electron chi connectivity index (χ3n) is 4.31. The summed E-state index contributed by atoms with van der Waals surface area (Å²) in [5, 5.41) is 0. The average Bonchev–Trinajstić information content (AvgIpc) is 2.41. The summed E-state index contributed by atoms with van der Waals surface area (Å²) in [4.78, 5) is 3.79. The minimum atomic E-state index is -4.06. The Morgan fingerprint density at radius 3 is 2.52 bits per heavy atom. The van der Waals surface area contributed by atoms with Crippen molar-refractivity contribution in [3.05, 3.63) is 29.3 Å². The number of quaternary nitrogens is 1. The molecule has 2 rings (SSSR count). The van der Waals surface area contributed by atoms with E-state index in [1.165, 1.54) is 21.7 Å². The Labute approximate surface area is 127 Å². The fourth-order valence-corrected chi connectivity index (χ4v) is 3.39. The molecule has 5 nitrogen and oxygen atoms in total. The van der Waals surface area contributed by atoms with Crippen LogP contribution in [0, 0.1) is 13.8 Å². The highest BCUT2D eigenvalue weighted by Crippen LogP contribution is 2.22. The van der Waals surface area contributed by atoms with Gasteiger partial charge >= 0.3 is 0 Å². The fourth-order valence-electron chi connectivity index (χ4n) is 2.89. The van der Waals surface area contributed by atoms with E-state index >= 15 is 0 Å². The van der Waals surface area contributed by atoms with Gasteiger partial charge in [-0.05, 0) is 31.0 Å². The van der Waals surface area contributed by atoms with Crippen molar-refractivity contribution in [1.82, 2.24) is 0 Å². The van der Waals surface area contributed by atoms with Gasteiger partial charge in [-0.25, -0.2) is 8.42 Å². The summed E-state index contributed by atoms with van der Waals surface area (Å²) in [6.07, 6.45) is 0.463. The molecule has 1 aromatic rings. The summed E-state index contributed by atoms with van der Waals surface area (Å²) in [5.41, 5.74) is 3.94. The van der Waals surface area contributed by atoms with Crippen LogP contribution >= 0.6 is 0 Å². The maximum atomic E-state index is 10.6.